The number of nitrogens with one attached hydrogen (secondary N) is 2. The number of hydrogen-bond donors (Lipinski definition) is 2. The predicted molar refractivity (Wildman–Crippen MR) is 89.7 cm³/mol. The monoisotopic (exact) mass is 334 g/mol. The third kappa shape index (κ3) is 10.9. The van der Waals surface area contributed by atoms with E-state index >= 15 is 0 Å². The highest BCUT2D eigenvalue weighted by molar-refractivity contribution is 8.03. The third-order valence-electron chi connectivity index (χ3n) is 2.96. The summed E-state index contributed by atoms with van der Waals surface area (Å²) in [5.74, 6) is 2.97. The van der Waals surface area contributed by atoms with Crippen molar-refractivity contribution >= 4 is 35.3 Å². The number of carbonyl (C=O) groups excluding carboxylic acids is 2. The van der Waals surface area contributed by atoms with Crippen LogP contribution in [0.3, 0.4) is 0 Å². The molecule has 0 aromatic rings. The standard InChI is InChI=1S/C14H26N2O3S2/c1-12(17)15-6-7-16-13(18)5-9-20-10-11-21-14-4-2-3-8-19-14/h14H,2-11H2,1H3,(H,15,17)(H,16,18). The van der Waals surface area contributed by atoms with Gasteiger partial charge in [0.25, 0.3) is 0 Å². The molecule has 5 nitrogen and oxygen atoms in total. The van der Waals surface area contributed by atoms with Gasteiger partial charge in [-0.15, -0.1) is 11.8 Å². The Morgan fingerprint density at radius 2 is 1.95 bits per heavy atom. The van der Waals surface area contributed by atoms with Crippen LogP contribution in [0, 0.1) is 0 Å². The second kappa shape index (κ2) is 12.2. The topological polar surface area (TPSA) is 67.4 Å². The van der Waals surface area contributed by atoms with Crippen molar-refractivity contribution in [2.24, 2.45) is 0 Å². The van der Waals surface area contributed by atoms with E-state index in [1.807, 2.05) is 23.5 Å². The van der Waals surface area contributed by atoms with E-state index < -0.39 is 0 Å². The van der Waals surface area contributed by atoms with Crippen LogP contribution in [0.25, 0.3) is 0 Å². The first kappa shape index (κ1) is 18.6. The molecule has 1 heterocycles. The Bertz CT molecular complexity index is 311. The van der Waals surface area contributed by atoms with Crippen molar-refractivity contribution in [1.82, 2.24) is 10.6 Å². The summed E-state index contributed by atoms with van der Waals surface area (Å²) in [5.41, 5.74) is 0.386. The zero-order valence-electron chi connectivity index (χ0n) is 12.7. The number of amides is 2. The maximum absolute atomic E-state index is 11.5. The maximum atomic E-state index is 11.5. The molecule has 1 aliphatic rings. The minimum absolute atomic E-state index is 0.0520. The van der Waals surface area contributed by atoms with Gasteiger partial charge in [0.05, 0.1) is 0 Å². The van der Waals surface area contributed by atoms with Crippen LogP contribution >= 0.6 is 23.5 Å². The lowest BCUT2D eigenvalue weighted by Gasteiger charge is -2.21. The highest BCUT2D eigenvalue weighted by atomic mass is 32.2. The average Bonchev–Trinajstić information content (AvgIpc) is 2.48. The maximum Gasteiger partial charge on any atom is 0.220 e. The zero-order valence-corrected chi connectivity index (χ0v) is 14.3. The molecule has 1 fully saturated rings. The SMILES string of the molecule is CC(=O)NCCNC(=O)CCSCCSC1CCCCO1. The highest BCUT2D eigenvalue weighted by Crippen LogP contribution is 2.23. The van der Waals surface area contributed by atoms with Gasteiger partial charge in [-0.3, -0.25) is 9.59 Å². The van der Waals surface area contributed by atoms with E-state index in [-0.39, 0.29) is 11.8 Å². The van der Waals surface area contributed by atoms with E-state index in [4.69, 9.17) is 4.74 Å². The van der Waals surface area contributed by atoms with Crippen LogP contribution in [0.2, 0.25) is 0 Å². The van der Waals surface area contributed by atoms with Crippen molar-refractivity contribution < 1.29 is 14.3 Å². The minimum Gasteiger partial charge on any atom is -0.368 e. The average molecular weight is 335 g/mol. The number of carbonyl (C=O) groups is 2. The summed E-state index contributed by atoms with van der Waals surface area (Å²) in [6.07, 6.45) is 4.19. The van der Waals surface area contributed by atoms with E-state index in [0.717, 1.165) is 23.9 Å². The summed E-state index contributed by atoms with van der Waals surface area (Å²) in [4.78, 5) is 22.1. The Hall–Kier alpha value is -0.400. The summed E-state index contributed by atoms with van der Waals surface area (Å²) in [7, 11) is 0. The number of ether oxygens (including phenoxy) is 1. The lowest BCUT2D eigenvalue weighted by atomic mass is 10.2. The lowest BCUT2D eigenvalue weighted by Crippen LogP contribution is -2.33. The van der Waals surface area contributed by atoms with Crippen LogP contribution in [-0.2, 0) is 14.3 Å². The van der Waals surface area contributed by atoms with Crippen LogP contribution < -0.4 is 10.6 Å². The molecule has 0 aromatic heterocycles. The fourth-order valence-electron chi connectivity index (χ4n) is 1.88. The molecule has 1 atom stereocenters. The first-order valence-corrected chi connectivity index (χ1v) is 9.71. The molecular formula is C14H26N2O3S2. The summed E-state index contributed by atoms with van der Waals surface area (Å²) in [6, 6.07) is 0. The molecule has 2 N–H and O–H groups in total. The van der Waals surface area contributed by atoms with Crippen LogP contribution in [0.15, 0.2) is 0 Å². The third-order valence-corrected chi connectivity index (χ3v) is 5.39. The van der Waals surface area contributed by atoms with Crippen molar-refractivity contribution in [3.8, 4) is 0 Å². The zero-order chi connectivity index (χ0) is 15.3. The van der Waals surface area contributed by atoms with E-state index in [0.29, 0.717) is 24.9 Å². The van der Waals surface area contributed by atoms with E-state index in [9.17, 15) is 9.59 Å². The molecule has 2 amide bonds. The molecule has 0 radical (unpaired) electrons. The fourth-order valence-corrected chi connectivity index (χ4v) is 4.06. The fraction of sp³-hybridized carbons (Fsp3) is 0.857. The molecule has 0 bridgehead atoms. The molecule has 0 spiro atoms. The number of thioether (sulfide) groups is 2. The van der Waals surface area contributed by atoms with Crippen LogP contribution in [0.5, 0.6) is 0 Å². The first-order chi connectivity index (χ1) is 10.2. The lowest BCUT2D eigenvalue weighted by molar-refractivity contribution is -0.121. The van der Waals surface area contributed by atoms with Gasteiger partial charge in [-0.2, -0.15) is 11.8 Å². The Kier molecular flexibility index (Phi) is 10.8. The van der Waals surface area contributed by atoms with Gasteiger partial charge in [0.15, 0.2) is 0 Å². The van der Waals surface area contributed by atoms with Crippen LogP contribution in [-0.4, -0.2) is 54.2 Å². The largest absolute Gasteiger partial charge is 0.368 e. The van der Waals surface area contributed by atoms with E-state index in [2.05, 4.69) is 10.6 Å². The molecule has 21 heavy (non-hydrogen) atoms. The quantitative estimate of drug-likeness (QED) is 0.594. The van der Waals surface area contributed by atoms with Crippen molar-refractivity contribution in [2.45, 2.75) is 38.0 Å². The van der Waals surface area contributed by atoms with E-state index in [1.54, 1.807) is 0 Å². The second-order valence-corrected chi connectivity index (χ2v) is 7.35. The van der Waals surface area contributed by atoms with Crippen molar-refractivity contribution in [1.29, 1.82) is 0 Å². The van der Waals surface area contributed by atoms with Gasteiger partial charge < -0.3 is 15.4 Å². The van der Waals surface area contributed by atoms with Gasteiger partial charge in [-0.05, 0) is 19.3 Å². The summed E-state index contributed by atoms with van der Waals surface area (Å²) in [5, 5.41) is 5.43. The van der Waals surface area contributed by atoms with Gasteiger partial charge in [-0.25, -0.2) is 0 Å². The molecular weight excluding hydrogens is 308 g/mol. The van der Waals surface area contributed by atoms with Gasteiger partial charge in [0, 0.05) is 50.3 Å². The molecule has 0 saturated carbocycles. The molecule has 0 aliphatic carbocycles. The Morgan fingerprint density at radius 3 is 2.67 bits per heavy atom. The number of hydrogen-bond acceptors (Lipinski definition) is 5. The molecule has 1 aliphatic heterocycles. The van der Waals surface area contributed by atoms with Crippen molar-refractivity contribution in [2.75, 3.05) is 37.0 Å². The molecule has 1 unspecified atom stereocenters. The van der Waals surface area contributed by atoms with Gasteiger partial charge in [0.2, 0.25) is 11.8 Å². The first-order valence-electron chi connectivity index (χ1n) is 7.50. The van der Waals surface area contributed by atoms with Crippen molar-refractivity contribution in [3.05, 3.63) is 0 Å². The summed E-state index contributed by atoms with van der Waals surface area (Å²) >= 11 is 3.70. The predicted octanol–water partition coefficient (Wildman–Crippen LogP) is 1.62. The van der Waals surface area contributed by atoms with Gasteiger partial charge in [0.1, 0.15) is 5.44 Å². The molecule has 0 aromatic carbocycles. The smallest absolute Gasteiger partial charge is 0.220 e. The van der Waals surface area contributed by atoms with Crippen LogP contribution in [0.4, 0.5) is 0 Å². The summed E-state index contributed by atoms with van der Waals surface area (Å²) in [6.45, 7) is 3.36. The van der Waals surface area contributed by atoms with Crippen molar-refractivity contribution in [3.63, 3.8) is 0 Å². The Balaban J connectivity index is 1.84. The normalized spacial score (nSPS) is 18.2. The van der Waals surface area contributed by atoms with Gasteiger partial charge in [-0.1, -0.05) is 0 Å². The molecule has 1 rings (SSSR count). The molecule has 1 saturated heterocycles. The Labute approximate surface area is 135 Å². The Morgan fingerprint density at radius 1 is 1.14 bits per heavy atom. The highest BCUT2D eigenvalue weighted by Gasteiger charge is 2.13. The number of rotatable bonds is 10. The van der Waals surface area contributed by atoms with Gasteiger partial charge >= 0.3 is 0 Å². The minimum atomic E-state index is -0.0701. The van der Waals surface area contributed by atoms with E-state index in [1.165, 1.54) is 26.2 Å². The summed E-state index contributed by atoms with van der Waals surface area (Å²) < 4.78 is 5.65. The molecule has 7 heteroatoms. The second-order valence-electron chi connectivity index (χ2n) is 4.86. The molecule has 122 valence electrons. The van der Waals surface area contributed by atoms with Crippen LogP contribution in [0.1, 0.15) is 32.6 Å².